The third-order valence-corrected chi connectivity index (χ3v) is 3.38. The number of ether oxygens (including phenoxy) is 1. The highest BCUT2D eigenvalue weighted by atomic mass is 16.5. The Labute approximate surface area is 108 Å². The van der Waals surface area contributed by atoms with Crippen LogP contribution in [0.5, 0.6) is 0 Å². The van der Waals surface area contributed by atoms with Crippen LogP contribution in [0, 0.1) is 0 Å². The largest absolute Gasteiger partial charge is 0.376 e. The number of rotatable bonds is 4. The standard InChI is InChI=1S/C14H20N2O2/c1-2-12-10-16(8-9-18-12)13(14(15)17)11-6-4-3-5-7-11/h3-7,12-13H,2,8-10H2,1H3,(H2,15,17). The van der Waals surface area contributed by atoms with Gasteiger partial charge in [-0.3, -0.25) is 9.69 Å². The van der Waals surface area contributed by atoms with Crippen LogP contribution < -0.4 is 5.73 Å². The Kier molecular flexibility index (Phi) is 4.33. The van der Waals surface area contributed by atoms with E-state index in [4.69, 9.17) is 10.5 Å². The molecule has 1 heterocycles. The van der Waals surface area contributed by atoms with E-state index >= 15 is 0 Å². The zero-order chi connectivity index (χ0) is 13.0. The Morgan fingerprint density at radius 3 is 2.83 bits per heavy atom. The van der Waals surface area contributed by atoms with E-state index in [9.17, 15) is 4.79 Å². The van der Waals surface area contributed by atoms with E-state index in [-0.39, 0.29) is 18.1 Å². The molecule has 2 N–H and O–H groups in total. The van der Waals surface area contributed by atoms with Gasteiger partial charge < -0.3 is 10.5 Å². The van der Waals surface area contributed by atoms with Gasteiger partial charge in [0.2, 0.25) is 5.91 Å². The molecule has 4 heteroatoms. The molecule has 2 atom stereocenters. The molecule has 0 aliphatic carbocycles. The third kappa shape index (κ3) is 2.89. The minimum atomic E-state index is -0.343. The summed E-state index contributed by atoms with van der Waals surface area (Å²) >= 11 is 0. The van der Waals surface area contributed by atoms with Crippen molar-refractivity contribution in [1.29, 1.82) is 0 Å². The van der Waals surface area contributed by atoms with Crippen LogP contribution in [0.3, 0.4) is 0 Å². The molecule has 1 fully saturated rings. The molecule has 0 radical (unpaired) electrons. The molecule has 0 saturated carbocycles. The Hall–Kier alpha value is -1.39. The number of hydrogen-bond acceptors (Lipinski definition) is 3. The van der Waals surface area contributed by atoms with Crippen molar-refractivity contribution in [3.8, 4) is 0 Å². The number of carbonyl (C=O) groups excluding carboxylic acids is 1. The molecule has 1 aromatic carbocycles. The predicted octanol–water partition coefficient (Wildman–Crippen LogP) is 1.32. The van der Waals surface area contributed by atoms with Crippen molar-refractivity contribution in [3.63, 3.8) is 0 Å². The second-order valence-corrected chi connectivity index (χ2v) is 4.61. The lowest BCUT2D eigenvalue weighted by atomic mass is 10.0. The van der Waals surface area contributed by atoms with Gasteiger partial charge in [0.25, 0.3) is 0 Å². The smallest absolute Gasteiger partial charge is 0.239 e. The second-order valence-electron chi connectivity index (χ2n) is 4.61. The molecule has 1 aliphatic rings. The molecule has 1 saturated heterocycles. The number of nitrogens with zero attached hydrogens (tertiary/aromatic N) is 1. The molecule has 18 heavy (non-hydrogen) atoms. The Morgan fingerprint density at radius 1 is 1.50 bits per heavy atom. The van der Waals surface area contributed by atoms with Crippen LogP contribution in [0.15, 0.2) is 30.3 Å². The average Bonchev–Trinajstić information content (AvgIpc) is 2.40. The molecule has 1 aliphatic heterocycles. The summed E-state index contributed by atoms with van der Waals surface area (Å²) in [6, 6.07) is 9.36. The SMILES string of the molecule is CCC1CN(C(C(N)=O)c2ccccc2)CCO1. The molecule has 2 unspecified atom stereocenters. The van der Waals surface area contributed by atoms with Gasteiger partial charge in [-0.1, -0.05) is 37.3 Å². The molecule has 2 rings (SSSR count). The summed E-state index contributed by atoms with van der Waals surface area (Å²) in [4.78, 5) is 13.9. The fraction of sp³-hybridized carbons (Fsp3) is 0.500. The van der Waals surface area contributed by atoms with Crippen LogP contribution in [0.4, 0.5) is 0 Å². The van der Waals surface area contributed by atoms with Gasteiger partial charge in [-0.25, -0.2) is 0 Å². The number of amides is 1. The first-order valence-corrected chi connectivity index (χ1v) is 6.42. The highest BCUT2D eigenvalue weighted by Gasteiger charge is 2.30. The Balaban J connectivity index is 2.18. The molecular weight excluding hydrogens is 228 g/mol. The van der Waals surface area contributed by atoms with Crippen molar-refractivity contribution in [1.82, 2.24) is 4.90 Å². The lowest BCUT2D eigenvalue weighted by molar-refractivity contribution is -0.127. The van der Waals surface area contributed by atoms with Gasteiger partial charge in [-0.05, 0) is 12.0 Å². The van der Waals surface area contributed by atoms with E-state index < -0.39 is 0 Å². The molecule has 98 valence electrons. The number of primary amides is 1. The number of morpholine rings is 1. The summed E-state index contributed by atoms with van der Waals surface area (Å²) in [5, 5.41) is 0. The zero-order valence-corrected chi connectivity index (χ0v) is 10.7. The topological polar surface area (TPSA) is 55.6 Å². The minimum absolute atomic E-state index is 0.198. The van der Waals surface area contributed by atoms with Crippen molar-refractivity contribution in [2.24, 2.45) is 5.73 Å². The van der Waals surface area contributed by atoms with E-state index in [0.29, 0.717) is 6.61 Å². The van der Waals surface area contributed by atoms with E-state index in [2.05, 4.69) is 11.8 Å². The van der Waals surface area contributed by atoms with Crippen molar-refractivity contribution in [3.05, 3.63) is 35.9 Å². The van der Waals surface area contributed by atoms with Gasteiger partial charge in [-0.2, -0.15) is 0 Å². The molecule has 1 amide bonds. The van der Waals surface area contributed by atoms with Crippen LogP contribution >= 0.6 is 0 Å². The summed E-state index contributed by atoms with van der Waals surface area (Å²) in [5.74, 6) is -0.294. The Morgan fingerprint density at radius 2 is 2.22 bits per heavy atom. The molecule has 0 spiro atoms. The van der Waals surface area contributed by atoms with Crippen LogP contribution in [-0.2, 0) is 9.53 Å². The molecular formula is C14H20N2O2. The van der Waals surface area contributed by atoms with Gasteiger partial charge in [0.1, 0.15) is 6.04 Å². The highest BCUT2D eigenvalue weighted by Crippen LogP contribution is 2.23. The number of nitrogens with two attached hydrogens (primary N) is 1. The lowest BCUT2D eigenvalue weighted by Gasteiger charge is -2.36. The van der Waals surface area contributed by atoms with Crippen molar-refractivity contribution < 1.29 is 9.53 Å². The van der Waals surface area contributed by atoms with Crippen LogP contribution in [-0.4, -0.2) is 36.6 Å². The van der Waals surface area contributed by atoms with Crippen molar-refractivity contribution in [2.45, 2.75) is 25.5 Å². The lowest BCUT2D eigenvalue weighted by Crippen LogP contribution is -2.47. The van der Waals surface area contributed by atoms with Crippen molar-refractivity contribution >= 4 is 5.91 Å². The fourth-order valence-electron chi connectivity index (χ4n) is 2.41. The Bertz CT molecular complexity index is 394. The van der Waals surface area contributed by atoms with Crippen molar-refractivity contribution in [2.75, 3.05) is 19.7 Å². The maximum Gasteiger partial charge on any atom is 0.239 e. The average molecular weight is 248 g/mol. The quantitative estimate of drug-likeness (QED) is 0.874. The van der Waals surface area contributed by atoms with Gasteiger partial charge in [0.15, 0.2) is 0 Å². The third-order valence-electron chi connectivity index (χ3n) is 3.38. The van der Waals surface area contributed by atoms with E-state index in [0.717, 1.165) is 25.1 Å². The van der Waals surface area contributed by atoms with Crippen LogP contribution in [0.2, 0.25) is 0 Å². The first-order valence-electron chi connectivity index (χ1n) is 6.42. The maximum atomic E-state index is 11.7. The summed E-state index contributed by atoms with van der Waals surface area (Å²) < 4.78 is 5.63. The molecule has 0 aromatic heterocycles. The van der Waals surface area contributed by atoms with Crippen LogP contribution in [0.1, 0.15) is 24.9 Å². The molecule has 4 nitrogen and oxygen atoms in total. The predicted molar refractivity (Wildman–Crippen MR) is 70.0 cm³/mol. The van der Waals surface area contributed by atoms with Crippen LogP contribution in [0.25, 0.3) is 0 Å². The van der Waals surface area contributed by atoms with Gasteiger partial charge in [0, 0.05) is 13.1 Å². The maximum absolute atomic E-state index is 11.7. The number of benzene rings is 1. The zero-order valence-electron chi connectivity index (χ0n) is 10.7. The summed E-state index contributed by atoms with van der Waals surface area (Å²) in [5.41, 5.74) is 6.53. The first kappa shape index (κ1) is 13.1. The van der Waals surface area contributed by atoms with E-state index in [1.54, 1.807) is 0 Å². The normalized spacial score (nSPS) is 22.6. The van der Waals surface area contributed by atoms with E-state index in [1.165, 1.54) is 0 Å². The summed E-state index contributed by atoms with van der Waals surface area (Å²) in [7, 11) is 0. The van der Waals surface area contributed by atoms with Gasteiger partial charge in [-0.15, -0.1) is 0 Å². The molecule has 1 aromatic rings. The van der Waals surface area contributed by atoms with Gasteiger partial charge in [0.05, 0.1) is 12.7 Å². The first-order chi connectivity index (χ1) is 8.72. The van der Waals surface area contributed by atoms with E-state index in [1.807, 2.05) is 30.3 Å². The number of hydrogen-bond donors (Lipinski definition) is 1. The molecule has 0 bridgehead atoms. The highest BCUT2D eigenvalue weighted by molar-refractivity contribution is 5.81. The fourth-order valence-corrected chi connectivity index (χ4v) is 2.41. The number of carbonyl (C=O) groups is 1. The summed E-state index contributed by atoms with van der Waals surface area (Å²) in [6.45, 7) is 4.27. The monoisotopic (exact) mass is 248 g/mol. The van der Waals surface area contributed by atoms with Gasteiger partial charge >= 0.3 is 0 Å². The minimum Gasteiger partial charge on any atom is -0.376 e. The summed E-state index contributed by atoms with van der Waals surface area (Å²) in [6.07, 6.45) is 1.15. The second kappa shape index (κ2) is 5.98.